The summed E-state index contributed by atoms with van der Waals surface area (Å²) in [5.41, 5.74) is 0.312. The molecular weight excluding hydrogens is 364 g/mol. The number of para-hydroxylation sites is 2. The van der Waals surface area contributed by atoms with E-state index in [0.717, 1.165) is 28.6 Å². The van der Waals surface area contributed by atoms with Crippen LogP contribution in [0.25, 0.3) is 10.9 Å². The van der Waals surface area contributed by atoms with Gasteiger partial charge in [0, 0.05) is 23.6 Å². The molecule has 1 aliphatic rings. The zero-order chi connectivity index (χ0) is 19.7. The molecule has 0 aliphatic heterocycles. The van der Waals surface area contributed by atoms with Crippen molar-refractivity contribution in [2.45, 2.75) is 19.3 Å². The van der Waals surface area contributed by atoms with Gasteiger partial charge in [0.15, 0.2) is 0 Å². The van der Waals surface area contributed by atoms with Crippen LogP contribution < -0.4 is 10.6 Å². The van der Waals surface area contributed by atoms with Gasteiger partial charge in [-0.15, -0.1) is 0 Å². The smallest absolute Gasteiger partial charge is 0.240 e. The maximum absolute atomic E-state index is 13.7. The number of benzene rings is 2. The molecule has 0 saturated heterocycles. The second-order valence-corrected chi connectivity index (χ2v) is 7.00. The highest BCUT2D eigenvalue weighted by Crippen LogP contribution is 2.47. The number of nitrogens with one attached hydrogen (secondary N) is 3. The maximum Gasteiger partial charge on any atom is 0.240 e. The lowest BCUT2D eigenvalue weighted by atomic mass is 10.0. The molecular formula is C21H19F2N3O2. The highest BCUT2D eigenvalue weighted by atomic mass is 19.1. The quantitative estimate of drug-likeness (QED) is 0.570. The minimum absolute atomic E-state index is 0.355. The van der Waals surface area contributed by atoms with E-state index in [0.29, 0.717) is 25.8 Å². The van der Waals surface area contributed by atoms with Crippen LogP contribution in [0.15, 0.2) is 48.7 Å². The number of H-pyrrole nitrogens is 1. The summed E-state index contributed by atoms with van der Waals surface area (Å²) in [4.78, 5) is 28.2. The number of halogens is 2. The van der Waals surface area contributed by atoms with Gasteiger partial charge in [0.05, 0.1) is 0 Å². The third-order valence-corrected chi connectivity index (χ3v) is 5.18. The van der Waals surface area contributed by atoms with Crippen LogP contribution in [0.1, 0.15) is 18.4 Å². The van der Waals surface area contributed by atoms with Crippen LogP contribution in [0.2, 0.25) is 0 Å². The van der Waals surface area contributed by atoms with Crippen LogP contribution >= 0.6 is 0 Å². The summed E-state index contributed by atoms with van der Waals surface area (Å²) in [5, 5.41) is 6.11. The van der Waals surface area contributed by atoms with Crippen molar-refractivity contribution in [2.75, 3.05) is 11.9 Å². The van der Waals surface area contributed by atoms with Crippen molar-refractivity contribution in [3.63, 3.8) is 0 Å². The first-order valence-electron chi connectivity index (χ1n) is 9.10. The Labute approximate surface area is 160 Å². The Balaban J connectivity index is 1.38. The lowest BCUT2D eigenvalue weighted by molar-refractivity contribution is -0.134. The molecule has 144 valence electrons. The lowest BCUT2D eigenvalue weighted by Gasteiger charge is -2.16. The summed E-state index contributed by atoms with van der Waals surface area (Å²) >= 11 is 0. The fourth-order valence-corrected chi connectivity index (χ4v) is 3.35. The number of rotatable bonds is 6. The highest BCUT2D eigenvalue weighted by Gasteiger charge is 2.56. The van der Waals surface area contributed by atoms with Crippen LogP contribution in [0, 0.1) is 17.0 Å². The van der Waals surface area contributed by atoms with Crippen LogP contribution in [-0.4, -0.2) is 23.3 Å². The van der Waals surface area contributed by atoms with Crippen LogP contribution in [0.5, 0.6) is 0 Å². The summed E-state index contributed by atoms with van der Waals surface area (Å²) in [6.07, 6.45) is 3.22. The molecule has 3 aromatic rings. The molecule has 1 saturated carbocycles. The first-order chi connectivity index (χ1) is 13.5. The van der Waals surface area contributed by atoms with Gasteiger partial charge in [0.2, 0.25) is 11.8 Å². The molecule has 1 heterocycles. The Morgan fingerprint density at radius 2 is 1.71 bits per heavy atom. The number of aromatic nitrogens is 1. The predicted octanol–water partition coefficient (Wildman–Crippen LogP) is 3.52. The molecule has 2 amide bonds. The van der Waals surface area contributed by atoms with E-state index in [4.69, 9.17) is 0 Å². The van der Waals surface area contributed by atoms with Gasteiger partial charge >= 0.3 is 0 Å². The van der Waals surface area contributed by atoms with E-state index in [2.05, 4.69) is 15.6 Å². The number of carbonyl (C=O) groups excluding carboxylic acids is 2. The van der Waals surface area contributed by atoms with E-state index in [1.807, 2.05) is 30.5 Å². The molecule has 0 bridgehead atoms. The molecule has 5 nitrogen and oxygen atoms in total. The number of amides is 2. The molecule has 3 N–H and O–H groups in total. The second kappa shape index (κ2) is 7.07. The average Bonchev–Trinajstić information content (AvgIpc) is 3.41. The molecule has 28 heavy (non-hydrogen) atoms. The lowest BCUT2D eigenvalue weighted by Crippen LogP contribution is -2.41. The Hall–Kier alpha value is -3.22. The first kappa shape index (κ1) is 18.2. The summed E-state index contributed by atoms with van der Waals surface area (Å²) < 4.78 is 27.5. The largest absolute Gasteiger partial charge is 0.361 e. The maximum atomic E-state index is 13.7. The van der Waals surface area contributed by atoms with Crippen LogP contribution in [0.3, 0.4) is 0 Å². The van der Waals surface area contributed by atoms with Gasteiger partial charge in [-0.25, -0.2) is 8.78 Å². The second-order valence-electron chi connectivity index (χ2n) is 7.00. The van der Waals surface area contributed by atoms with Crippen molar-refractivity contribution < 1.29 is 18.4 Å². The van der Waals surface area contributed by atoms with Gasteiger partial charge in [0.25, 0.3) is 0 Å². The Morgan fingerprint density at radius 1 is 1.00 bits per heavy atom. The summed E-state index contributed by atoms with van der Waals surface area (Å²) in [5.74, 6) is -2.84. The van der Waals surface area contributed by atoms with Gasteiger partial charge in [-0.2, -0.15) is 0 Å². The summed E-state index contributed by atoms with van der Waals surface area (Å²) in [6.45, 7) is 0.365. The highest BCUT2D eigenvalue weighted by molar-refractivity contribution is 6.13. The van der Waals surface area contributed by atoms with Gasteiger partial charge < -0.3 is 15.6 Å². The fraction of sp³-hybridized carbons (Fsp3) is 0.238. The fourth-order valence-electron chi connectivity index (χ4n) is 3.35. The van der Waals surface area contributed by atoms with Crippen molar-refractivity contribution in [2.24, 2.45) is 5.41 Å². The number of aromatic amines is 1. The molecule has 1 aromatic heterocycles. The third-order valence-electron chi connectivity index (χ3n) is 5.18. The molecule has 0 spiro atoms. The molecule has 2 aromatic carbocycles. The van der Waals surface area contributed by atoms with Crippen molar-refractivity contribution in [3.8, 4) is 0 Å². The zero-order valence-electron chi connectivity index (χ0n) is 15.0. The third kappa shape index (κ3) is 3.24. The van der Waals surface area contributed by atoms with Gasteiger partial charge in [0.1, 0.15) is 22.7 Å². The summed E-state index contributed by atoms with van der Waals surface area (Å²) in [6, 6.07) is 11.2. The molecule has 1 aliphatic carbocycles. The van der Waals surface area contributed by atoms with Gasteiger partial charge in [-0.1, -0.05) is 24.3 Å². The van der Waals surface area contributed by atoms with Crippen molar-refractivity contribution >= 4 is 28.4 Å². The van der Waals surface area contributed by atoms with E-state index in [-0.39, 0.29) is 0 Å². The number of fused-ring (bicyclic) bond motifs is 1. The normalized spacial score (nSPS) is 14.6. The number of hydrogen-bond donors (Lipinski definition) is 3. The Kier molecular flexibility index (Phi) is 4.58. The van der Waals surface area contributed by atoms with Crippen LogP contribution in [0.4, 0.5) is 14.5 Å². The van der Waals surface area contributed by atoms with Crippen molar-refractivity contribution in [1.82, 2.24) is 10.3 Å². The monoisotopic (exact) mass is 383 g/mol. The van der Waals surface area contributed by atoms with E-state index in [9.17, 15) is 18.4 Å². The van der Waals surface area contributed by atoms with E-state index in [1.54, 1.807) is 0 Å². The average molecular weight is 383 g/mol. The minimum Gasteiger partial charge on any atom is -0.361 e. The minimum atomic E-state index is -1.26. The number of carbonyl (C=O) groups is 2. The summed E-state index contributed by atoms with van der Waals surface area (Å²) in [7, 11) is 0. The number of anilines is 1. The van der Waals surface area contributed by atoms with E-state index in [1.165, 1.54) is 6.07 Å². The predicted molar refractivity (Wildman–Crippen MR) is 102 cm³/mol. The standard InChI is InChI=1S/C21H19F2N3O2/c22-15-5-3-6-16(23)18(15)26-20(28)21(9-10-21)19(27)24-11-8-13-12-25-17-7-2-1-4-14(13)17/h1-7,12,25H,8-11H2,(H,24,27)(H,26,28). The van der Waals surface area contributed by atoms with Gasteiger partial charge in [-0.3, -0.25) is 9.59 Å². The van der Waals surface area contributed by atoms with E-state index < -0.39 is 34.6 Å². The first-order valence-corrected chi connectivity index (χ1v) is 9.10. The molecule has 7 heteroatoms. The zero-order valence-corrected chi connectivity index (χ0v) is 15.0. The molecule has 1 fully saturated rings. The van der Waals surface area contributed by atoms with Gasteiger partial charge in [-0.05, 0) is 43.0 Å². The Morgan fingerprint density at radius 3 is 2.43 bits per heavy atom. The van der Waals surface area contributed by atoms with Crippen molar-refractivity contribution in [1.29, 1.82) is 0 Å². The molecule has 4 rings (SSSR count). The molecule has 0 atom stereocenters. The topological polar surface area (TPSA) is 74.0 Å². The molecule has 0 radical (unpaired) electrons. The van der Waals surface area contributed by atoms with E-state index >= 15 is 0 Å². The van der Waals surface area contributed by atoms with Crippen molar-refractivity contribution in [3.05, 3.63) is 65.9 Å². The van der Waals surface area contributed by atoms with Crippen LogP contribution in [-0.2, 0) is 16.0 Å². The molecule has 0 unspecified atom stereocenters. The SMILES string of the molecule is O=C(NCCc1c[nH]c2ccccc12)C1(C(=O)Nc2c(F)cccc2F)CC1. The number of hydrogen-bond acceptors (Lipinski definition) is 2. The Bertz CT molecular complexity index is 1040.